The van der Waals surface area contributed by atoms with Crippen LogP contribution in [0.4, 0.5) is 0 Å². The first-order chi connectivity index (χ1) is 14.1. The Kier molecular flexibility index (Phi) is 6.52. The molecule has 1 aromatic heterocycles. The average molecular weight is 435 g/mol. The van der Waals surface area contributed by atoms with Crippen molar-refractivity contribution in [1.29, 1.82) is 0 Å². The van der Waals surface area contributed by atoms with Crippen LogP contribution < -0.4 is 5.56 Å². The predicted molar refractivity (Wildman–Crippen MR) is 116 cm³/mol. The molecule has 164 valence electrons. The van der Waals surface area contributed by atoms with Gasteiger partial charge in [-0.25, -0.2) is 8.42 Å². The van der Waals surface area contributed by atoms with E-state index >= 15 is 0 Å². The molecule has 0 aliphatic carbocycles. The van der Waals surface area contributed by atoms with Gasteiger partial charge in [0.25, 0.3) is 5.56 Å². The maximum Gasteiger partial charge on any atom is 0.251 e. The summed E-state index contributed by atoms with van der Waals surface area (Å²) in [5.41, 5.74) is 2.74. The fourth-order valence-corrected chi connectivity index (χ4v) is 5.62. The van der Waals surface area contributed by atoms with Gasteiger partial charge in [0.15, 0.2) is 0 Å². The van der Waals surface area contributed by atoms with E-state index in [1.165, 1.54) is 10.4 Å². The smallest absolute Gasteiger partial charge is 0.251 e. The van der Waals surface area contributed by atoms with Gasteiger partial charge in [0, 0.05) is 37.9 Å². The number of nitrogens with zero attached hydrogens (tertiary/aromatic N) is 2. The summed E-state index contributed by atoms with van der Waals surface area (Å²) < 4.78 is 28.5. The highest BCUT2D eigenvalue weighted by Crippen LogP contribution is 2.42. The van der Waals surface area contributed by atoms with Gasteiger partial charge in [0.1, 0.15) is 0 Å². The van der Waals surface area contributed by atoms with Gasteiger partial charge in [0.2, 0.25) is 10.0 Å². The van der Waals surface area contributed by atoms with Gasteiger partial charge in [-0.3, -0.25) is 4.79 Å². The number of pyridine rings is 1. The zero-order valence-electron chi connectivity index (χ0n) is 17.7. The van der Waals surface area contributed by atoms with Crippen LogP contribution in [-0.4, -0.2) is 45.5 Å². The molecule has 0 spiro atoms. The first-order valence-corrected chi connectivity index (χ1v) is 11.6. The Labute approximate surface area is 177 Å². The summed E-state index contributed by atoms with van der Waals surface area (Å²) >= 11 is 0. The molecule has 2 aromatic rings. The number of aliphatic hydroxyl groups is 2. The van der Waals surface area contributed by atoms with Crippen molar-refractivity contribution in [1.82, 2.24) is 8.87 Å². The lowest BCUT2D eigenvalue weighted by atomic mass is 9.98. The number of rotatable bonds is 7. The molecule has 1 aliphatic rings. The summed E-state index contributed by atoms with van der Waals surface area (Å²) in [6.45, 7) is 5.01. The first kappa shape index (κ1) is 22.7. The second-order valence-electron chi connectivity index (χ2n) is 8.60. The van der Waals surface area contributed by atoms with Crippen molar-refractivity contribution in [3.8, 4) is 0 Å². The van der Waals surface area contributed by atoms with E-state index in [0.29, 0.717) is 17.8 Å². The molecule has 0 saturated carbocycles. The van der Waals surface area contributed by atoms with Gasteiger partial charge in [-0.1, -0.05) is 30.3 Å². The Bertz CT molecular complexity index is 1060. The van der Waals surface area contributed by atoms with Crippen molar-refractivity contribution < 1.29 is 18.6 Å². The minimum atomic E-state index is -3.68. The Hall–Kier alpha value is -2.00. The van der Waals surface area contributed by atoms with Gasteiger partial charge in [0.05, 0.1) is 17.3 Å². The number of sulfonamides is 1. The lowest BCUT2D eigenvalue weighted by molar-refractivity contribution is 0.232. The lowest BCUT2D eigenvalue weighted by Gasteiger charge is -2.31. The molecule has 7 nitrogen and oxygen atoms in total. The van der Waals surface area contributed by atoms with Crippen molar-refractivity contribution in [2.75, 3.05) is 13.2 Å². The largest absolute Gasteiger partial charge is 0.396 e. The Morgan fingerprint density at radius 1 is 1.10 bits per heavy atom. The quantitative estimate of drug-likeness (QED) is 0.692. The fourth-order valence-electron chi connectivity index (χ4n) is 4.06. The number of hydrogen-bond acceptors (Lipinski definition) is 5. The summed E-state index contributed by atoms with van der Waals surface area (Å²) in [5, 5.41) is 19.4. The number of aromatic nitrogens is 1. The molecule has 0 bridgehead atoms. The van der Waals surface area contributed by atoms with Gasteiger partial charge < -0.3 is 14.8 Å². The summed E-state index contributed by atoms with van der Waals surface area (Å²) in [7, 11) is -3.68. The van der Waals surface area contributed by atoms with E-state index in [1.54, 1.807) is 25.3 Å². The van der Waals surface area contributed by atoms with E-state index in [0.717, 1.165) is 11.1 Å². The molecule has 8 heteroatoms. The molecule has 0 radical (unpaired) electrons. The maximum atomic E-state index is 13.2. The third kappa shape index (κ3) is 4.09. The topological polar surface area (TPSA) is 99.8 Å². The molecule has 2 heterocycles. The minimum Gasteiger partial charge on any atom is -0.396 e. The summed E-state index contributed by atoms with van der Waals surface area (Å²) in [6, 6.07) is 10.5. The van der Waals surface area contributed by atoms with Crippen LogP contribution >= 0.6 is 0 Å². The van der Waals surface area contributed by atoms with Crippen molar-refractivity contribution in [2.45, 2.75) is 57.5 Å². The van der Waals surface area contributed by atoms with E-state index in [1.807, 2.05) is 30.3 Å². The van der Waals surface area contributed by atoms with Gasteiger partial charge in [-0.2, -0.15) is 4.31 Å². The van der Waals surface area contributed by atoms with Crippen molar-refractivity contribution in [3.05, 3.63) is 69.1 Å². The summed E-state index contributed by atoms with van der Waals surface area (Å²) in [6.07, 6.45) is 0.459. The molecule has 0 amide bonds. The Morgan fingerprint density at radius 3 is 2.33 bits per heavy atom. The van der Waals surface area contributed by atoms with Crippen LogP contribution in [-0.2, 0) is 29.5 Å². The third-order valence-corrected chi connectivity index (χ3v) is 8.12. The number of aliphatic hydroxyl groups excluding tert-OH is 2. The van der Waals surface area contributed by atoms with Crippen molar-refractivity contribution in [2.24, 2.45) is 0 Å². The molecule has 0 fully saturated rings. The predicted octanol–water partition coefficient (Wildman–Crippen LogP) is 1.80. The summed E-state index contributed by atoms with van der Waals surface area (Å²) in [5.74, 6) is 0. The molecule has 0 saturated heterocycles. The monoisotopic (exact) mass is 434 g/mol. The van der Waals surface area contributed by atoms with Gasteiger partial charge in [-0.15, -0.1) is 0 Å². The maximum absolute atomic E-state index is 13.2. The standard InChI is InChI=1S/C22H30N2O5S/c1-22(2,3)30(28,29)24-15-17-13-20(27)23(14-16-7-5-4-6-8-16)18(9-11-25)21(17)19(24)10-12-26/h4-8,13,19,25-26H,9-12,14-15H2,1-3H3/t19-/m1/s1. The van der Waals surface area contributed by atoms with Crippen molar-refractivity contribution in [3.63, 3.8) is 0 Å². The van der Waals surface area contributed by atoms with Crippen LogP contribution in [0.25, 0.3) is 0 Å². The van der Waals surface area contributed by atoms with Crippen LogP contribution in [0.15, 0.2) is 41.2 Å². The highest BCUT2D eigenvalue weighted by Gasteiger charge is 2.45. The van der Waals surface area contributed by atoms with Crippen LogP contribution in [0.3, 0.4) is 0 Å². The van der Waals surface area contributed by atoms with E-state index in [-0.39, 0.29) is 38.2 Å². The molecule has 30 heavy (non-hydrogen) atoms. The SMILES string of the molecule is CC(C)(C)S(=O)(=O)N1Cc2cc(=O)n(Cc3ccccc3)c(CCO)c2[C@H]1CCO. The molecule has 3 rings (SSSR count). The fraction of sp³-hybridized carbons (Fsp3) is 0.500. The Balaban J connectivity index is 2.18. The zero-order valence-corrected chi connectivity index (χ0v) is 18.5. The van der Waals surface area contributed by atoms with Crippen LogP contribution in [0.5, 0.6) is 0 Å². The lowest BCUT2D eigenvalue weighted by Crippen LogP contribution is -2.42. The second kappa shape index (κ2) is 8.63. The van der Waals surface area contributed by atoms with E-state index in [2.05, 4.69) is 0 Å². The van der Waals surface area contributed by atoms with Crippen molar-refractivity contribution >= 4 is 10.0 Å². The molecule has 1 aliphatic heterocycles. The number of hydrogen-bond donors (Lipinski definition) is 2. The average Bonchev–Trinajstić information content (AvgIpc) is 3.03. The highest BCUT2D eigenvalue weighted by molar-refractivity contribution is 7.90. The second-order valence-corrected chi connectivity index (χ2v) is 11.2. The summed E-state index contributed by atoms with van der Waals surface area (Å²) in [4.78, 5) is 13.0. The third-order valence-electron chi connectivity index (χ3n) is 5.57. The Morgan fingerprint density at radius 2 is 1.77 bits per heavy atom. The molecule has 1 aromatic carbocycles. The molecule has 0 unspecified atom stereocenters. The van der Waals surface area contributed by atoms with Gasteiger partial charge >= 0.3 is 0 Å². The minimum absolute atomic E-state index is 0.0967. The van der Waals surface area contributed by atoms with Crippen LogP contribution in [0.1, 0.15) is 55.6 Å². The van der Waals surface area contributed by atoms with Crippen LogP contribution in [0, 0.1) is 0 Å². The van der Waals surface area contributed by atoms with E-state index in [9.17, 15) is 23.4 Å². The molecular weight excluding hydrogens is 404 g/mol. The van der Waals surface area contributed by atoms with Gasteiger partial charge in [-0.05, 0) is 43.9 Å². The normalized spacial score (nSPS) is 17.3. The molecular formula is C22H30N2O5S. The first-order valence-electron chi connectivity index (χ1n) is 10.1. The van der Waals surface area contributed by atoms with E-state index in [4.69, 9.17) is 0 Å². The van der Waals surface area contributed by atoms with E-state index < -0.39 is 20.8 Å². The number of benzene rings is 1. The molecule has 1 atom stereocenters. The van der Waals surface area contributed by atoms with Crippen LogP contribution in [0.2, 0.25) is 0 Å². The highest BCUT2D eigenvalue weighted by atomic mass is 32.2. The zero-order chi connectivity index (χ0) is 22.1. The number of fused-ring (bicyclic) bond motifs is 1. The molecule has 2 N–H and O–H groups in total.